The predicted octanol–water partition coefficient (Wildman–Crippen LogP) is 3.19. The van der Waals surface area contributed by atoms with Gasteiger partial charge < -0.3 is 10.5 Å². The van der Waals surface area contributed by atoms with Crippen LogP contribution in [0.15, 0.2) is 23.6 Å². The molecule has 0 saturated carbocycles. The summed E-state index contributed by atoms with van der Waals surface area (Å²) in [6.07, 6.45) is 0. The van der Waals surface area contributed by atoms with Gasteiger partial charge in [0.05, 0.1) is 10.7 Å². The van der Waals surface area contributed by atoms with E-state index in [1.807, 2.05) is 19.2 Å². The molecule has 0 bridgehead atoms. The van der Waals surface area contributed by atoms with E-state index in [0.29, 0.717) is 0 Å². The second kappa shape index (κ2) is 5.46. The van der Waals surface area contributed by atoms with E-state index in [9.17, 15) is 4.39 Å². The number of thiazole rings is 1. The van der Waals surface area contributed by atoms with Crippen LogP contribution in [0.1, 0.15) is 29.2 Å². The Hall–Kier alpha value is -1.46. The lowest BCUT2D eigenvalue weighted by Crippen LogP contribution is -2.06. The highest BCUT2D eigenvalue weighted by Crippen LogP contribution is 2.22. The molecule has 0 unspecified atom stereocenters. The van der Waals surface area contributed by atoms with Crippen molar-refractivity contribution >= 4 is 11.3 Å². The summed E-state index contributed by atoms with van der Waals surface area (Å²) in [6.45, 7) is 4.01. The summed E-state index contributed by atoms with van der Waals surface area (Å²) in [5.74, 6) is -0.165. The smallest absolute Gasteiger partial charge is 0.165 e. The fraction of sp³-hybridized carbons (Fsp3) is 0.308. The molecule has 0 aliphatic carbocycles. The number of halogens is 1. The van der Waals surface area contributed by atoms with Crippen LogP contribution < -0.4 is 10.5 Å². The zero-order valence-corrected chi connectivity index (χ0v) is 11.1. The van der Waals surface area contributed by atoms with Gasteiger partial charge in [-0.1, -0.05) is 6.07 Å². The molecule has 2 aromatic rings. The van der Waals surface area contributed by atoms with Crippen LogP contribution in [0, 0.1) is 12.7 Å². The average molecular weight is 266 g/mol. The van der Waals surface area contributed by atoms with Crippen molar-refractivity contribution in [2.24, 2.45) is 5.73 Å². The van der Waals surface area contributed by atoms with Gasteiger partial charge in [-0.25, -0.2) is 9.37 Å². The Morgan fingerprint density at radius 2 is 2.28 bits per heavy atom. The monoisotopic (exact) mass is 266 g/mol. The quantitative estimate of drug-likeness (QED) is 0.924. The summed E-state index contributed by atoms with van der Waals surface area (Å²) in [5, 5.41) is 2.88. The Bertz CT molecular complexity index is 540. The van der Waals surface area contributed by atoms with Crippen LogP contribution >= 0.6 is 11.3 Å². The van der Waals surface area contributed by atoms with Gasteiger partial charge in [-0.15, -0.1) is 11.3 Å². The summed E-state index contributed by atoms with van der Waals surface area (Å²) in [7, 11) is 0. The van der Waals surface area contributed by atoms with Crippen molar-refractivity contribution in [3.05, 3.63) is 45.7 Å². The first-order valence-electron chi connectivity index (χ1n) is 5.65. The van der Waals surface area contributed by atoms with Crippen molar-refractivity contribution in [2.45, 2.75) is 26.5 Å². The normalized spacial score (nSPS) is 12.4. The molecule has 18 heavy (non-hydrogen) atoms. The SMILES string of the molecule is Cc1nc(COc2ccc([C@H](C)N)cc2F)cs1. The Kier molecular flexibility index (Phi) is 3.93. The zero-order valence-electron chi connectivity index (χ0n) is 10.3. The number of hydrogen-bond acceptors (Lipinski definition) is 4. The lowest BCUT2D eigenvalue weighted by Gasteiger charge is -2.09. The summed E-state index contributed by atoms with van der Waals surface area (Å²) in [4.78, 5) is 4.25. The number of benzene rings is 1. The lowest BCUT2D eigenvalue weighted by molar-refractivity contribution is 0.286. The van der Waals surface area contributed by atoms with E-state index in [1.54, 1.807) is 23.5 Å². The van der Waals surface area contributed by atoms with Crippen molar-refractivity contribution in [2.75, 3.05) is 0 Å². The number of aryl methyl sites for hydroxylation is 1. The minimum Gasteiger partial charge on any atom is -0.484 e. The van der Waals surface area contributed by atoms with E-state index < -0.39 is 5.82 Å². The van der Waals surface area contributed by atoms with Crippen LogP contribution in [-0.4, -0.2) is 4.98 Å². The maximum Gasteiger partial charge on any atom is 0.165 e. The van der Waals surface area contributed by atoms with Gasteiger partial charge in [0, 0.05) is 11.4 Å². The molecule has 3 nitrogen and oxygen atoms in total. The Balaban J connectivity index is 2.05. The standard InChI is InChI=1S/C13H15FN2OS/c1-8(15)10-3-4-13(12(14)5-10)17-6-11-7-18-9(2)16-11/h3-5,7-8H,6,15H2,1-2H3/t8-/m0/s1. The number of nitrogens with zero attached hydrogens (tertiary/aromatic N) is 1. The predicted molar refractivity (Wildman–Crippen MR) is 70.2 cm³/mol. The second-order valence-electron chi connectivity index (χ2n) is 4.13. The van der Waals surface area contributed by atoms with Crippen LogP contribution in [0.25, 0.3) is 0 Å². The highest BCUT2D eigenvalue weighted by atomic mass is 32.1. The fourth-order valence-corrected chi connectivity index (χ4v) is 2.14. The summed E-state index contributed by atoms with van der Waals surface area (Å²) < 4.78 is 19.1. The maximum absolute atomic E-state index is 13.7. The maximum atomic E-state index is 13.7. The van der Waals surface area contributed by atoms with E-state index in [2.05, 4.69) is 4.98 Å². The topological polar surface area (TPSA) is 48.1 Å². The largest absolute Gasteiger partial charge is 0.484 e. The van der Waals surface area contributed by atoms with Crippen LogP contribution in [-0.2, 0) is 6.61 Å². The minimum atomic E-state index is -0.392. The van der Waals surface area contributed by atoms with Gasteiger partial charge in [0.15, 0.2) is 11.6 Å². The number of aromatic nitrogens is 1. The minimum absolute atomic E-state index is 0.185. The van der Waals surface area contributed by atoms with E-state index in [0.717, 1.165) is 16.3 Å². The molecular weight excluding hydrogens is 251 g/mol. The summed E-state index contributed by atoms with van der Waals surface area (Å²) in [6, 6.07) is 4.60. The molecule has 1 atom stereocenters. The van der Waals surface area contributed by atoms with Gasteiger partial charge in [0.2, 0.25) is 0 Å². The van der Waals surface area contributed by atoms with Crippen molar-refractivity contribution in [3.63, 3.8) is 0 Å². The molecule has 0 fully saturated rings. The molecule has 1 heterocycles. The zero-order chi connectivity index (χ0) is 13.1. The third-order valence-corrected chi connectivity index (χ3v) is 3.35. The van der Waals surface area contributed by atoms with E-state index in [1.165, 1.54) is 6.07 Å². The molecule has 0 aliphatic heterocycles. The average Bonchev–Trinajstić information content (AvgIpc) is 2.73. The van der Waals surface area contributed by atoms with Crippen molar-refractivity contribution in [3.8, 4) is 5.75 Å². The molecule has 0 spiro atoms. The first-order chi connectivity index (χ1) is 8.56. The molecule has 2 rings (SSSR count). The molecule has 1 aromatic carbocycles. The fourth-order valence-electron chi connectivity index (χ4n) is 1.54. The molecule has 96 valence electrons. The molecular formula is C13H15FN2OS. The lowest BCUT2D eigenvalue weighted by atomic mass is 10.1. The first-order valence-corrected chi connectivity index (χ1v) is 6.53. The molecule has 5 heteroatoms. The van der Waals surface area contributed by atoms with Crippen molar-refractivity contribution in [1.29, 1.82) is 0 Å². The second-order valence-corrected chi connectivity index (χ2v) is 5.19. The molecule has 2 N–H and O–H groups in total. The number of ether oxygens (including phenoxy) is 1. The van der Waals surface area contributed by atoms with Gasteiger partial charge in [-0.05, 0) is 31.5 Å². The van der Waals surface area contributed by atoms with Crippen LogP contribution in [0.4, 0.5) is 4.39 Å². The van der Waals surface area contributed by atoms with Gasteiger partial charge in [-0.2, -0.15) is 0 Å². The summed E-state index contributed by atoms with van der Waals surface area (Å²) in [5.41, 5.74) is 7.25. The molecule has 1 aromatic heterocycles. The number of nitrogens with two attached hydrogens (primary N) is 1. The molecule has 0 radical (unpaired) electrons. The Labute approximate surface area is 109 Å². The van der Waals surface area contributed by atoms with E-state index in [-0.39, 0.29) is 18.4 Å². The molecule has 0 amide bonds. The van der Waals surface area contributed by atoms with Gasteiger partial charge in [0.1, 0.15) is 6.61 Å². The van der Waals surface area contributed by atoms with Crippen LogP contribution in [0.5, 0.6) is 5.75 Å². The highest BCUT2D eigenvalue weighted by Gasteiger charge is 2.08. The third-order valence-electron chi connectivity index (χ3n) is 2.52. The Morgan fingerprint density at radius 1 is 1.50 bits per heavy atom. The summed E-state index contributed by atoms with van der Waals surface area (Å²) >= 11 is 1.55. The van der Waals surface area contributed by atoms with E-state index >= 15 is 0 Å². The van der Waals surface area contributed by atoms with Crippen molar-refractivity contribution < 1.29 is 9.13 Å². The number of hydrogen-bond donors (Lipinski definition) is 1. The van der Waals surface area contributed by atoms with Crippen LogP contribution in [0.2, 0.25) is 0 Å². The Morgan fingerprint density at radius 3 is 2.83 bits per heavy atom. The van der Waals surface area contributed by atoms with Gasteiger partial charge in [0.25, 0.3) is 0 Å². The third kappa shape index (κ3) is 3.05. The van der Waals surface area contributed by atoms with Crippen molar-refractivity contribution in [1.82, 2.24) is 4.98 Å². The molecule has 0 saturated heterocycles. The number of rotatable bonds is 4. The highest BCUT2D eigenvalue weighted by molar-refractivity contribution is 7.09. The van der Waals surface area contributed by atoms with E-state index in [4.69, 9.17) is 10.5 Å². The van der Waals surface area contributed by atoms with Gasteiger partial charge in [-0.3, -0.25) is 0 Å². The first kappa shape index (κ1) is 13.0. The molecule has 0 aliphatic rings. The van der Waals surface area contributed by atoms with Crippen LogP contribution in [0.3, 0.4) is 0 Å². The van der Waals surface area contributed by atoms with Gasteiger partial charge >= 0.3 is 0 Å².